The third-order valence-corrected chi connectivity index (χ3v) is 4.13. The summed E-state index contributed by atoms with van der Waals surface area (Å²) in [5, 5.41) is 9.16. The van der Waals surface area contributed by atoms with E-state index < -0.39 is 34.0 Å². The van der Waals surface area contributed by atoms with E-state index in [4.69, 9.17) is 4.78 Å². The number of ketones is 1. The van der Waals surface area contributed by atoms with Gasteiger partial charge in [-0.2, -0.15) is 5.10 Å². The lowest BCUT2D eigenvalue weighted by molar-refractivity contribution is 0.100. The van der Waals surface area contributed by atoms with Gasteiger partial charge in [-0.25, -0.2) is 13.8 Å². The maximum atomic E-state index is 14.5. The van der Waals surface area contributed by atoms with Gasteiger partial charge in [0, 0.05) is 13.2 Å². The number of nitrogens with zero attached hydrogens (tertiary/aromatic N) is 2. The Morgan fingerprint density at radius 3 is 2.70 bits per heavy atom. The summed E-state index contributed by atoms with van der Waals surface area (Å²) < 4.78 is 38.5. The van der Waals surface area contributed by atoms with Crippen molar-refractivity contribution in [2.45, 2.75) is 6.92 Å². The highest BCUT2D eigenvalue weighted by Gasteiger charge is 2.21. The standard InChI is InChI=1S/C16H14F2N6O2S/c1-7(25)14-9-5-8(6-20-15(9)23-22-14)21-16(26)12-10(17)3-4-11(13(12)18)24-27(2)19/h3-6H,1-2H3,(H2,19,24)(H,21,26)(H,20,22,23). The number of rotatable bonds is 5. The van der Waals surface area contributed by atoms with Crippen molar-refractivity contribution < 1.29 is 18.4 Å². The number of aromatic amines is 1. The van der Waals surface area contributed by atoms with Gasteiger partial charge in [-0.05, 0) is 29.1 Å². The van der Waals surface area contributed by atoms with Crippen LogP contribution in [0.25, 0.3) is 11.0 Å². The van der Waals surface area contributed by atoms with Crippen LogP contribution in [0.15, 0.2) is 24.4 Å². The second-order valence-electron chi connectivity index (χ2n) is 5.60. The number of amides is 1. The molecule has 27 heavy (non-hydrogen) atoms. The Morgan fingerprint density at radius 1 is 1.30 bits per heavy atom. The lowest BCUT2D eigenvalue weighted by Gasteiger charge is -2.11. The topological polar surface area (TPSA) is 124 Å². The Labute approximate surface area is 154 Å². The number of Topliss-reactive ketones (excluding diaryl/α,β-unsaturated/α-hetero) is 1. The van der Waals surface area contributed by atoms with Crippen molar-refractivity contribution in [3.63, 3.8) is 0 Å². The Hall–Kier alpha value is -3.21. The van der Waals surface area contributed by atoms with E-state index in [0.717, 1.165) is 12.1 Å². The molecule has 0 aliphatic rings. The molecule has 1 amide bonds. The minimum absolute atomic E-state index is 0.143. The molecule has 3 aromatic rings. The summed E-state index contributed by atoms with van der Waals surface area (Å²) >= 11 is 0. The van der Waals surface area contributed by atoms with E-state index in [2.05, 4.69) is 25.2 Å². The second-order valence-corrected chi connectivity index (χ2v) is 6.83. The fourth-order valence-electron chi connectivity index (χ4n) is 2.43. The van der Waals surface area contributed by atoms with Crippen LogP contribution in [0, 0.1) is 16.4 Å². The SMILES string of the molecule is CC(=O)c1[nH]nc2ncc(NC(=O)c3c(F)ccc(NS(C)=N)c3F)cc12. The Bertz CT molecular complexity index is 1100. The summed E-state index contributed by atoms with van der Waals surface area (Å²) in [6.45, 7) is 1.34. The number of carbonyl (C=O) groups excluding carboxylic acids is 2. The van der Waals surface area contributed by atoms with Gasteiger partial charge >= 0.3 is 0 Å². The first kappa shape index (κ1) is 18.6. The number of benzene rings is 1. The molecule has 0 aliphatic carbocycles. The van der Waals surface area contributed by atoms with Gasteiger partial charge in [0.1, 0.15) is 17.1 Å². The quantitative estimate of drug-likeness (QED) is 0.497. The van der Waals surface area contributed by atoms with Crippen LogP contribution in [-0.2, 0) is 10.9 Å². The minimum Gasteiger partial charge on any atom is -0.320 e. The van der Waals surface area contributed by atoms with Crippen molar-refractivity contribution in [2.75, 3.05) is 16.3 Å². The van der Waals surface area contributed by atoms with Crippen LogP contribution in [0.5, 0.6) is 0 Å². The number of hydrogen-bond donors (Lipinski definition) is 4. The van der Waals surface area contributed by atoms with Crippen molar-refractivity contribution >= 4 is 45.0 Å². The summed E-state index contributed by atoms with van der Waals surface area (Å²) in [5.74, 6) is -3.44. The van der Waals surface area contributed by atoms with Gasteiger partial charge in [0.15, 0.2) is 17.2 Å². The smallest absolute Gasteiger partial charge is 0.261 e. The number of H-pyrrole nitrogens is 1. The van der Waals surface area contributed by atoms with Crippen molar-refractivity contribution in [1.29, 1.82) is 4.78 Å². The van der Waals surface area contributed by atoms with E-state index in [1.54, 1.807) is 0 Å². The molecule has 4 N–H and O–H groups in total. The van der Waals surface area contributed by atoms with Gasteiger partial charge < -0.3 is 10.0 Å². The number of halogens is 2. The van der Waals surface area contributed by atoms with E-state index >= 15 is 0 Å². The molecule has 8 nitrogen and oxygen atoms in total. The number of hydrogen-bond acceptors (Lipinski definition) is 5. The molecule has 0 spiro atoms. The zero-order valence-electron chi connectivity index (χ0n) is 14.2. The zero-order chi connectivity index (χ0) is 19.7. The predicted molar refractivity (Wildman–Crippen MR) is 97.8 cm³/mol. The fourth-order valence-corrected chi connectivity index (χ4v) is 2.92. The summed E-state index contributed by atoms with van der Waals surface area (Å²) in [6, 6.07) is 3.50. The van der Waals surface area contributed by atoms with Gasteiger partial charge in [-0.1, -0.05) is 0 Å². The average molecular weight is 392 g/mol. The third kappa shape index (κ3) is 3.67. The highest BCUT2D eigenvalue weighted by atomic mass is 32.2. The monoisotopic (exact) mass is 392 g/mol. The summed E-state index contributed by atoms with van der Waals surface area (Å²) in [4.78, 5) is 28.0. The molecule has 1 aromatic carbocycles. The lowest BCUT2D eigenvalue weighted by atomic mass is 10.1. The molecule has 0 saturated carbocycles. The van der Waals surface area contributed by atoms with Crippen LogP contribution in [-0.4, -0.2) is 33.1 Å². The van der Waals surface area contributed by atoms with Crippen LogP contribution in [0.2, 0.25) is 0 Å². The second kappa shape index (κ2) is 7.19. The van der Waals surface area contributed by atoms with Gasteiger partial charge in [0.25, 0.3) is 5.91 Å². The maximum Gasteiger partial charge on any atom is 0.261 e. The fraction of sp³-hybridized carbons (Fsp3) is 0.125. The summed E-state index contributed by atoms with van der Waals surface area (Å²) in [5.41, 5.74) is -0.312. The molecule has 0 saturated heterocycles. The molecule has 140 valence electrons. The average Bonchev–Trinajstić information content (AvgIpc) is 3.00. The summed E-state index contributed by atoms with van der Waals surface area (Å²) in [7, 11) is -1.11. The zero-order valence-corrected chi connectivity index (χ0v) is 15.0. The number of nitrogens with one attached hydrogen (secondary N) is 4. The molecule has 0 fully saturated rings. The molecular formula is C16H14F2N6O2S. The van der Waals surface area contributed by atoms with Crippen molar-refractivity contribution in [3.8, 4) is 0 Å². The molecule has 2 aromatic heterocycles. The first-order valence-corrected chi connectivity index (χ1v) is 9.19. The number of anilines is 2. The van der Waals surface area contributed by atoms with Crippen LogP contribution in [0.3, 0.4) is 0 Å². The molecule has 3 rings (SSSR count). The van der Waals surface area contributed by atoms with Gasteiger partial charge in [0.2, 0.25) is 0 Å². The highest BCUT2D eigenvalue weighted by Crippen LogP contribution is 2.24. The van der Waals surface area contributed by atoms with Gasteiger partial charge in [-0.15, -0.1) is 0 Å². The van der Waals surface area contributed by atoms with Gasteiger partial charge in [0.05, 0.1) is 23.0 Å². The predicted octanol–water partition coefficient (Wildman–Crippen LogP) is 3.03. The highest BCUT2D eigenvalue weighted by molar-refractivity contribution is 7.86. The largest absolute Gasteiger partial charge is 0.320 e. The Balaban J connectivity index is 1.96. The van der Waals surface area contributed by atoms with Crippen LogP contribution < -0.4 is 10.0 Å². The number of carbonyl (C=O) groups is 2. The van der Waals surface area contributed by atoms with Crippen LogP contribution in [0.1, 0.15) is 27.8 Å². The van der Waals surface area contributed by atoms with E-state index in [-0.39, 0.29) is 28.5 Å². The third-order valence-electron chi connectivity index (χ3n) is 3.60. The van der Waals surface area contributed by atoms with Crippen molar-refractivity contribution in [1.82, 2.24) is 15.2 Å². The number of pyridine rings is 1. The molecule has 0 aliphatic heterocycles. The van der Waals surface area contributed by atoms with Crippen molar-refractivity contribution in [3.05, 3.63) is 47.3 Å². The van der Waals surface area contributed by atoms with Crippen LogP contribution >= 0.6 is 0 Å². The first-order valence-electron chi connectivity index (χ1n) is 7.56. The lowest BCUT2D eigenvalue weighted by Crippen LogP contribution is -2.17. The van der Waals surface area contributed by atoms with Gasteiger partial charge in [-0.3, -0.25) is 19.5 Å². The number of fused-ring (bicyclic) bond motifs is 1. The summed E-state index contributed by atoms with van der Waals surface area (Å²) in [6.07, 6.45) is 2.75. The number of aromatic nitrogens is 3. The normalized spacial score (nSPS) is 12.0. The Morgan fingerprint density at radius 2 is 2.04 bits per heavy atom. The van der Waals surface area contributed by atoms with E-state index in [1.165, 1.54) is 25.4 Å². The van der Waals surface area contributed by atoms with Crippen LogP contribution in [0.4, 0.5) is 20.2 Å². The van der Waals surface area contributed by atoms with E-state index in [1.807, 2.05) is 0 Å². The van der Waals surface area contributed by atoms with E-state index in [0.29, 0.717) is 5.39 Å². The molecule has 1 unspecified atom stereocenters. The van der Waals surface area contributed by atoms with E-state index in [9.17, 15) is 18.4 Å². The minimum atomic E-state index is -1.11. The molecule has 11 heteroatoms. The first-order chi connectivity index (χ1) is 12.8. The maximum absolute atomic E-state index is 14.5. The Kier molecular flexibility index (Phi) is 4.95. The molecule has 1 atom stereocenters. The van der Waals surface area contributed by atoms with Crippen molar-refractivity contribution in [2.24, 2.45) is 0 Å². The molecule has 0 radical (unpaired) electrons. The molecule has 2 heterocycles. The molecule has 0 bridgehead atoms. The molecular weight excluding hydrogens is 378 g/mol.